The predicted molar refractivity (Wildman–Crippen MR) is 109 cm³/mol. The lowest BCUT2D eigenvalue weighted by molar-refractivity contribution is -0.136. The average Bonchev–Trinajstić information content (AvgIpc) is 3.03. The number of thiazole rings is 1. The van der Waals surface area contributed by atoms with E-state index in [0.29, 0.717) is 26.2 Å². The van der Waals surface area contributed by atoms with Gasteiger partial charge in [0, 0.05) is 0 Å². The number of ether oxygens (including phenoxy) is 1. The lowest BCUT2D eigenvalue weighted by atomic mass is 9.96. The first-order valence-electron chi connectivity index (χ1n) is 8.91. The number of nitrogens with zero attached hydrogens (tertiary/aromatic N) is 2. The molecule has 0 amide bonds. The van der Waals surface area contributed by atoms with Crippen molar-refractivity contribution in [1.29, 1.82) is 0 Å². The monoisotopic (exact) mass is 408 g/mol. The number of hydrogen-bond acceptors (Lipinski definition) is 5. The van der Waals surface area contributed by atoms with Crippen LogP contribution in [0.25, 0.3) is 6.08 Å². The van der Waals surface area contributed by atoms with Crippen LogP contribution < -0.4 is 14.9 Å². The molecule has 4 rings (SSSR count). The van der Waals surface area contributed by atoms with Crippen molar-refractivity contribution in [2.75, 3.05) is 7.11 Å². The van der Waals surface area contributed by atoms with Crippen LogP contribution in [0.3, 0.4) is 0 Å². The Kier molecular flexibility index (Phi) is 4.98. The Morgan fingerprint density at radius 3 is 2.52 bits per heavy atom. The molecular formula is C22H17FN2O3S. The van der Waals surface area contributed by atoms with Crippen LogP contribution in [-0.2, 0) is 9.53 Å². The predicted octanol–water partition coefficient (Wildman–Crippen LogP) is 2.55. The Balaban J connectivity index is 1.97. The fraction of sp³-hybridized carbons (Fsp3) is 0.136. The zero-order valence-corrected chi connectivity index (χ0v) is 16.6. The molecule has 29 heavy (non-hydrogen) atoms. The summed E-state index contributed by atoms with van der Waals surface area (Å²) in [5, 5.41) is 0. The Morgan fingerprint density at radius 2 is 1.86 bits per heavy atom. The van der Waals surface area contributed by atoms with E-state index in [1.165, 1.54) is 35.1 Å². The van der Waals surface area contributed by atoms with E-state index >= 15 is 0 Å². The molecule has 0 spiro atoms. The highest BCUT2D eigenvalue weighted by atomic mass is 32.1. The summed E-state index contributed by atoms with van der Waals surface area (Å²) in [4.78, 5) is 30.8. The summed E-state index contributed by atoms with van der Waals surface area (Å²) < 4.78 is 20.1. The second-order valence-electron chi connectivity index (χ2n) is 6.54. The van der Waals surface area contributed by atoms with Gasteiger partial charge in [0.15, 0.2) is 4.80 Å². The highest BCUT2D eigenvalue weighted by molar-refractivity contribution is 7.07. The van der Waals surface area contributed by atoms with Crippen molar-refractivity contribution in [2.24, 2.45) is 4.99 Å². The Morgan fingerprint density at radius 1 is 1.17 bits per heavy atom. The summed E-state index contributed by atoms with van der Waals surface area (Å²) >= 11 is 1.23. The van der Waals surface area contributed by atoms with Crippen molar-refractivity contribution in [3.8, 4) is 0 Å². The maximum Gasteiger partial charge on any atom is 0.338 e. The Hall–Kier alpha value is -3.32. The summed E-state index contributed by atoms with van der Waals surface area (Å²) in [6.45, 7) is 1.74. The largest absolute Gasteiger partial charge is 0.466 e. The van der Waals surface area contributed by atoms with Gasteiger partial charge in [0.05, 0.1) is 29.0 Å². The van der Waals surface area contributed by atoms with Gasteiger partial charge in [-0.3, -0.25) is 9.36 Å². The van der Waals surface area contributed by atoms with E-state index in [-0.39, 0.29) is 11.4 Å². The first-order valence-corrected chi connectivity index (χ1v) is 9.72. The Bertz CT molecular complexity index is 1290. The second-order valence-corrected chi connectivity index (χ2v) is 7.54. The molecule has 5 nitrogen and oxygen atoms in total. The summed E-state index contributed by atoms with van der Waals surface area (Å²) in [7, 11) is 1.31. The van der Waals surface area contributed by atoms with E-state index in [1.807, 2.05) is 30.3 Å². The standard InChI is InChI=1S/C22H17FN2O3S/c1-13-18(21(27)28-2)19(15-6-4-3-5-7-15)25-20(26)17(29-22(25)24-13)12-14-8-10-16(23)11-9-14/h3-12,19H,1-2H3/t19-/m0/s1. The normalized spacial score (nSPS) is 16.4. The first kappa shape index (κ1) is 19.0. The number of aromatic nitrogens is 1. The van der Waals surface area contributed by atoms with Gasteiger partial charge in [0.2, 0.25) is 0 Å². The van der Waals surface area contributed by atoms with Crippen LogP contribution >= 0.6 is 11.3 Å². The highest BCUT2D eigenvalue weighted by Gasteiger charge is 2.32. The molecule has 0 saturated heterocycles. The van der Waals surface area contributed by atoms with Gasteiger partial charge in [-0.1, -0.05) is 53.8 Å². The number of halogens is 1. The van der Waals surface area contributed by atoms with Crippen molar-refractivity contribution in [2.45, 2.75) is 13.0 Å². The van der Waals surface area contributed by atoms with Gasteiger partial charge >= 0.3 is 5.97 Å². The van der Waals surface area contributed by atoms with E-state index in [2.05, 4.69) is 4.99 Å². The lowest BCUT2D eigenvalue weighted by Gasteiger charge is -2.24. The number of fused-ring (bicyclic) bond motifs is 1. The van der Waals surface area contributed by atoms with Crippen LogP contribution in [0, 0.1) is 5.82 Å². The highest BCUT2D eigenvalue weighted by Crippen LogP contribution is 2.30. The number of carbonyl (C=O) groups is 1. The van der Waals surface area contributed by atoms with Crippen molar-refractivity contribution in [1.82, 2.24) is 4.57 Å². The van der Waals surface area contributed by atoms with Gasteiger partial charge in [-0.05, 0) is 36.3 Å². The third-order valence-corrected chi connectivity index (χ3v) is 5.69. The minimum Gasteiger partial charge on any atom is -0.466 e. The molecule has 146 valence electrons. The van der Waals surface area contributed by atoms with Crippen LogP contribution in [0.15, 0.2) is 75.7 Å². The molecular weight excluding hydrogens is 391 g/mol. The quantitative estimate of drug-likeness (QED) is 0.626. The number of hydrogen-bond donors (Lipinski definition) is 0. The number of allylic oxidation sites excluding steroid dienone is 1. The molecule has 1 aromatic heterocycles. The lowest BCUT2D eigenvalue weighted by Crippen LogP contribution is -2.39. The van der Waals surface area contributed by atoms with Crippen molar-refractivity contribution in [3.05, 3.63) is 102 Å². The van der Waals surface area contributed by atoms with Crippen LogP contribution in [0.2, 0.25) is 0 Å². The average molecular weight is 408 g/mol. The van der Waals surface area contributed by atoms with Crippen LogP contribution in [0.4, 0.5) is 4.39 Å². The zero-order chi connectivity index (χ0) is 20.5. The minimum absolute atomic E-state index is 0.263. The summed E-state index contributed by atoms with van der Waals surface area (Å²) in [6, 6.07) is 14.6. The Labute approximate surface area is 169 Å². The molecule has 7 heteroatoms. The van der Waals surface area contributed by atoms with E-state index in [0.717, 1.165) is 5.56 Å². The molecule has 0 aliphatic carbocycles. The van der Waals surface area contributed by atoms with E-state index < -0.39 is 12.0 Å². The zero-order valence-electron chi connectivity index (χ0n) is 15.8. The summed E-state index contributed by atoms with van der Waals surface area (Å²) in [5.41, 5.74) is 2.08. The molecule has 1 aliphatic heterocycles. The van der Waals surface area contributed by atoms with E-state index in [1.54, 1.807) is 25.1 Å². The molecule has 3 aromatic rings. The molecule has 0 radical (unpaired) electrons. The third-order valence-electron chi connectivity index (χ3n) is 4.71. The van der Waals surface area contributed by atoms with Crippen molar-refractivity contribution >= 4 is 23.4 Å². The fourth-order valence-electron chi connectivity index (χ4n) is 3.35. The number of rotatable bonds is 3. The SMILES string of the molecule is COC(=O)C1=C(C)N=c2sc(=Cc3ccc(F)cc3)c(=O)n2[C@H]1c1ccccc1. The van der Waals surface area contributed by atoms with Gasteiger partial charge < -0.3 is 4.74 Å². The maximum atomic E-state index is 13.3. The molecule has 1 atom stereocenters. The number of benzene rings is 2. The molecule has 0 bridgehead atoms. The molecule has 1 aliphatic rings. The van der Waals surface area contributed by atoms with Crippen LogP contribution in [0.5, 0.6) is 0 Å². The van der Waals surface area contributed by atoms with Gasteiger partial charge in [0.25, 0.3) is 5.56 Å². The number of esters is 1. The smallest absolute Gasteiger partial charge is 0.338 e. The van der Waals surface area contributed by atoms with Gasteiger partial charge in [-0.25, -0.2) is 14.2 Å². The van der Waals surface area contributed by atoms with Gasteiger partial charge in [0.1, 0.15) is 5.82 Å². The second kappa shape index (κ2) is 7.60. The first-order chi connectivity index (χ1) is 14.0. The molecule has 0 fully saturated rings. The summed E-state index contributed by atoms with van der Waals surface area (Å²) in [5.74, 6) is -0.862. The number of carbonyl (C=O) groups excluding carboxylic acids is 1. The van der Waals surface area contributed by atoms with E-state index in [4.69, 9.17) is 4.74 Å². The van der Waals surface area contributed by atoms with Crippen LogP contribution in [0.1, 0.15) is 24.1 Å². The molecule has 2 heterocycles. The third kappa shape index (κ3) is 3.45. The maximum absolute atomic E-state index is 13.3. The van der Waals surface area contributed by atoms with Gasteiger partial charge in [-0.2, -0.15) is 0 Å². The molecule has 2 aromatic carbocycles. The number of methoxy groups -OCH3 is 1. The minimum atomic E-state index is -0.629. The molecule has 0 saturated carbocycles. The summed E-state index contributed by atoms with van der Waals surface area (Å²) in [6.07, 6.45) is 1.70. The topological polar surface area (TPSA) is 60.7 Å². The van der Waals surface area contributed by atoms with Crippen LogP contribution in [-0.4, -0.2) is 17.6 Å². The molecule has 0 unspecified atom stereocenters. The van der Waals surface area contributed by atoms with E-state index in [9.17, 15) is 14.0 Å². The van der Waals surface area contributed by atoms with Crippen molar-refractivity contribution < 1.29 is 13.9 Å². The van der Waals surface area contributed by atoms with Crippen molar-refractivity contribution in [3.63, 3.8) is 0 Å². The van der Waals surface area contributed by atoms with Gasteiger partial charge in [-0.15, -0.1) is 0 Å². The molecule has 0 N–H and O–H groups in total. The fourth-order valence-corrected chi connectivity index (χ4v) is 4.40.